The molecule has 5 nitrogen and oxygen atoms in total. The lowest BCUT2D eigenvalue weighted by atomic mass is 10.2. The molecule has 1 saturated heterocycles. The van der Waals surface area contributed by atoms with E-state index < -0.39 is 12.0 Å². The molecule has 1 amide bonds. The van der Waals surface area contributed by atoms with Gasteiger partial charge in [0.25, 0.3) is 0 Å². The topological polar surface area (TPSA) is 66.8 Å². The minimum atomic E-state index is -0.935. The Bertz CT molecular complexity index is 520. The first kappa shape index (κ1) is 15.7. The summed E-state index contributed by atoms with van der Waals surface area (Å²) in [4.78, 5) is 24.8. The Hall–Kier alpha value is -1.69. The maximum absolute atomic E-state index is 12.2. The predicted octanol–water partition coefficient (Wildman–Crippen LogP) is 1.79. The van der Waals surface area contributed by atoms with E-state index in [4.69, 9.17) is 9.84 Å². The minimum Gasteiger partial charge on any atom is -0.493 e. The van der Waals surface area contributed by atoms with Gasteiger partial charge in [0.2, 0.25) is 5.91 Å². The van der Waals surface area contributed by atoms with Crippen molar-refractivity contribution >= 4 is 23.6 Å². The third kappa shape index (κ3) is 4.14. The molecule has 0 spiro atoms. The highest BCUT2D eigenvalue weighted by atomic mass is 32.2. The zero-order chi connectivity index (χ0) is 15.2. The van der Waals surface area contributed by atoms with Crippen molar-refractivity contribution in [3.05, 3.63) is 29.8 Å². The molecule has 114 valence electrons. The van der Waals surface area contributed by atoms with Crippen LogP contribution in [0.4, 0.5) is 0 Å². The van der Waals surface area contributed by atoms with Gasteiger partial charge in [-0.25, -0.2) is 4.79 Å². The van der Waals surface area contributed by atoms with E-state index in [-0.39, 0.29) is 18.9 Å². The van der Waals surface area contributed by atoms with Crippen LogP contribution in [0.3, 0.4) is 0 Å². The number of amides is 1. The van der Waals surface area contributed by atoms with Crippen LogP contribution in [0.1, 0.15) is 12.0 Å². The Morgan fingerprint density at radius 2 is 2.19 bits per heavy atom. The van der Waals surface area contributed by atoms with Gasteiger partial charge in [-0.3, -0.25) is 4.79 Å². The number of carbonyl (C=O) groups excluding carboxylic acids is 1. The molecule has 0 bridgehead atoms. The third-order valence-electron chi connectivity index (χ3n) is 3.40. The van der Waals surface area contributed by atoms with Gasteiger partial charge in [0.15, 0.2) is 0 Å². The van der Waals surface area contributed by atoms with Crippen LogP contribution in [0, 0.1) is 6.92 Å². The standard InChI is InChI=1S/C15H19NO4S/c1-11-4-2-3-5-13(11)20-8-6-14(17)16-7-9-21-10-12(16)15(18)19/h2-5,12H,6-10H2,1H3,(H,18,19). The second-order valence-corrected chi connectivity index (χ2v) is 6.03. The SMILES string of the molecule is Cc1ccccc1OCCC(=O)N1CCSCC1C(=O)O. The number of nitrogens with zero attached hydrogens (tertiary/aromatic N) is 1. The smallest absolute Gasteiger partial charge is 0.327 e. The van der Waals surface area contributed by atoms with E-state index in [1.54, 1.807) is 11.8 Å². The molecule has 1 atom stereocenters. The summed E-state index contributed by atoms with van der Waals surface area (Å²) in [7, 11) is 0. The number of ether oxygens (including phenoxy) is 1. The van der Waals surface area contributed by atoms with Gasteiger partial charge < -0.3 is 14.7 Å². The van der Waals surface area contributed by atoms with Gasteiger partial charge in [0.05, 0.1) is 13.0 Å². The summed E-state index contributed by atoms with van der Waals surface area (Å²) < 4.78 is 5.59. The number of para-hydroxylation sites is 1. The molecule has 1 heterocycles. The fourth-order valence-corrected chi connectivity index (χ4v) is 3.26. The van der Waals surface area contributed by atoms with E-state index in [1.807, 2.05) is 31.2 Å². The molecule has 0 saturated carbocycles. The fraction of sp³-hybridized carbons (Fsp3) is 0.467. The molecule has 1 fully saturated rings. The van der Waals surface area contributed by atoms with Crippen molar-refractivity contribution in [2.75, 3.05) is 24.7 Å². The second kappa shape index (κ2) is 7.36. The molecular weight excluding hydrogens is 290 g/mol. The van der Waals surface area contributed by atoms with Crippen molar-refractivity contribution in [3.8, 4) is 5.75 Å². The Labute approximate surface area is 128 Å². The summed E-state index contributed by atoms with van der Waals surface area (Å²) >= 11 is 1.57. The molecule has 21 heavy (non-hydrogen) atoms. The van der Waals surface area contributed by atoms with Gasteiger partial charge in [-0.05, 0) is 18.6 Å². The zero-order valence-corrected chi connectivity index (χ0v) is 12.8. The van der Waals surface area contributed by atoms with Crippen molar-refractivity contribution in [2.24, 2.45) is 0 Å². The Kier molecular flexibility index (Phi) is 5.50. The number of carboxylic acids is 1. The summed E-state index contributed by atoms with van der Waals surface area (Å²) in [6, 6.07) is 6.90. The number of hydrogen-bond acceptors (Lipinski definition) is 4. The molecule has 2 rings (SSSR count). The van der Waals surface area contributed by atoms with Crippen LogP contribution in [0.25, 0.3) is 0 Å². The van der Waals surface area contributed by atoms with Gasteiger partial charge in [0, 0.05) is 18.1 Å². The van der Waals surface area contributed by atoms with Crippen LogP contribution in [0.15, 0.2) is 24.3 Å². The average Bonchev–Trinajstić information content (AvgIpc) is 2.49. The van der Waals surface area contributed by atoms with E-state index >= 15 is 0 Å². The molecule has 1 aromatic carbocycles. The number of aryl methyl sites for hydroxylation is 1. The van der Waals surface area contributed by atoms with E-state index in [0.29, 0.717) is 12.3 Å². The average molecular weight is 309 g/mol. The molecule has 0 aromatic heterocycles. The highest BCUT2D eigenvalue weighted by molar-refractivity contribution is 7.99. The van der Waals surface area contributed by atoms with Crippen LogP contribution in [0.5, 0.6) is 5.75 Å². The molecule has 0 aliphatic carbocycles. The number of carbonyl (C=O) groups is 2. The van der Waals surface area contributed by atoms with Crippen molar-refractivity contribution in [1.82, 2.24) is 4.90 Å². The molecule has 6 heteroatoms. The van der Waals surface area contributed by atoms with Gasteiger partial charge >= 0.3 is 5.97 Å². The molecule has 1 aliphatic heterocycles. The lowest BCUT2D eigenvalue weighted by Crippen LogP contribution is -2.50. The van der Waals surface area contributed by atoms with Crippen LogP contribution >= 0.6 is 11.8 Å². The summed E-state index contributed by atoms with van der Waals surface area (Å²) in [6.07, 6.45) is 0.197. The van der Waals surface area contributed by atoms with Crippen molar-refractivity contribution in [2.45, 2.75) is 19.4 Å². The molecule has 1 aromatic rings. The number of rotatable bonds is 5. The summed E-state index contributed by atoms with van der Waals surface area (Å²) in [5.74, 6) is 0.911. The summed E-state index contributed by atoms with van der Waals surface area (Å²) in [5, 5.41) is 9.16. The van der Waals surface area contributed by atoms with E-state index in [9.17, 15) is 9.59 Å². The van der Waals surface area contributed by atoms with Gasteiger partial charge in [-0.15, -0.1) is 0 Å². The van der Waals surface area contributed by atoms with Crippen LogP contribution in [0.2, 0.25) is 0 Å². The van der Waals surface area contributed by atoms with E-state index in [2.05, 4.69) is 0 Å². The monoisotopic (exact) mass is 309 g/mol. The second-order valence-electron chi connectivity index (χ2n) is 4.88. The lowest BCUT2D eigenvalue weighted by molar-refractivity contribution is -0.149. The number of benzene rings is 1. The summed E-state index contributed by atoms with van der Waals surface area (Å²) in [6.45, 7) is 2.70. The molecule has 1 unspecified atom stereocenters. The first-order valence-electron chi connectivity index (χ1n) is 6.88. The highest BCUT2D eigenvalue weighted by Gasteiger charge is 2.31. The molecular formula is C15H19NO4S. The van der Waals surface area contributed by atoms with Crippen LogP contribution in [-0.4, -0.2) is 52.6 Å². The normalized spacial score (nSPS) is 18.3. The van der Waals surface area contributed by atoms with Crippen molar-refractivity contribution in [1.29, 1.82) is 0 Å². The highest BCUT2D eigenvalue weighted by Crippen LogP contribution is 2.19. The van der Waals surface area contributed by atoms with Crippen LogP contribution < -0.4 is 4.74 Å². The summed E-state index contributed by atoms with van der Waals surface area (Å²) in [5.41, 5.74) is 1.02. The van der Waals surface area contributed by atoms with Crippen molar-refractivity contribution in [3.63, 3.8) is 0 Å². The fourth-order valence-electron chi connectivity index (χ4n) is 2.22. The largest absolute Gasteiger partial charge is 0.493 e. The number of thioether (sulfide) groups is 1. The first-order chi connectivity index (χ1) is 10.1. The Morgan fingerprint density at radius 1 is 1.43 bits per heavy atom. The number of aliphatic carboxylic acids is 1. The predicted molar refractivity (Wildman–Crippen MR) is 81.8 cm³/mol. The number of carboxylic acid groups (broad SMARTS) is 1. The molecule has 1 aliphatic rings. The van der Waals surface area contributed by atoms with Gasteiger partial charge in [-0.1, -0.05) is 18.2 Å². The third-order valence-corrected chi connectivity index (χ3v) is 4.42. The quantitative estimate of drug-likeness (QED) is 0.898. The van der Waals surface area contributed by atoms with Crippen molar-refractivity contribution < 1.29 is 19.4 Å². The van der Waals surface area contributed by atoms with Gasteiger partial charge in [0.1, 0.15) is 11.8 Å². The van der Waals surface area contributed by atoms with Crippen LogP contribution in [-0.2, 0) is 9.59 Å². The lowest BCUT2D eigenvalue weighted by Gasteiger charge is -2.32. The van der Waals surface area contributed by atoms with E-state index in [1.165, 1.54) is 4.90 Å². The maximum Gasteiger partial charge on any atom is 0.327 e. The van der Waals surface area contributed by atoms with Gasteiger partial charge in [-0.2, -0.15) is 11.8 Å². The first-order valence-corrected chi connectivity index (χ1v) is 8.03. The maximum atomic E-state index is 12.2. The Balaban J connectivity index is 1.86. The zero-order valence-electron chi connectivity index (χ0n) is 11.9. The molecule has 0 radical (unpaired) electrons. The number of hydrogen-bond donors (Lipinski definition) is 1. The van der Waals surface area contributed by atoms with E-state index in [0.717, 1.165) is 17.1 Å². The Morgan fingerprint density at radius 3 is 2.90 bits per heavy atom. The molecule has 1 N–H and O–H groups in total. The minimum absolute atomic E-state index is 0.156.